The fraction of sp³-hybridized carbons (Fsp3) is 0.450. The summed E-state index contributed by atoms with van der Waals surface area (Å²) in [5, 5.41) is 23.6. The van der Waals surface area contributed by atoms with Crippen molar-refractivity contribution in [2.24, 2.45) is 27.9 Å². The quantitative estimate of drug-likeness (QED) is 0.0829. The molecule has 0 saturated heterocycles. The van der Waals surface area contributed by atoms with Crippen molar-refractivity contribution >= 4 is 29.7 Å². The molecule has 0 radical (unpaired) electrons. The van der Waals surface area contributed by atoms with E-state index in [0.29, 0.717) is 12.0 Å². The molecule has 3 unspecified atom stereocenters. The van der Waals surface area contributed by atoms with Crippen molar-refractivity contribution in [2.75, 3.05) is 6.54 Å². The number of carbonyl (C=O) groups is 4. The zero-order valence-corrected chi connectivity index (χ0v) is 18.1. The van der Waals surface area contributed by atoms with E-state index in [0.717, 1.165) is 0 Å². The molecule has 1 rings (SSSR count). The predicted molar refractivity (Wildman–Crippen MR) is 120 cm³/mol. The summed E-state index contributed by atoms with van der Waals surface area (Å²) in [7, 11) is 0. The van der Waals surface area contributed by atoms with Crippen LogP contribution >= 0.6 is 0 Å². The molecule has 182 valence electrons. The number of benzene rings is 1. The molecule has 1 aromatic rings. The number of hydrogen-bond acceptors (Lipinski definition) is 7. The summed E-state index contributed by atoms with van der Waals surface area (Å²) in [4.78, 5) is 51.8. The molecule has 0 aliphatic rings. The maximum atomic E-state index is 12.7. The first-order valence-electron chi connectivity index (χ1n) is 10.2. The van der Waals surface area contributed by atoms with E-state index in [4.69, 9.17) is 22.9 Å². The van der Waals surface area contributed by atoms with Gasteiger partial charge >= 0.3 is 5.97 Å². The summed E-state index contributed by atoms with van der Waals surface area (Å²) in [5.41, 5.74) is 22.0. The first-order valence-corrected chi connectivity index (χ1v) is 10.2. The van der Waals surface area contributed by atoms with E-state index in [9.17, 15) is 29.4 Å². The smallest absolute Gasteiger partial charge is 0.326 e. The van der Waals surface area contributed by atoms with Crippen LogP contribution in [0.15, 0.2) is 29.3 Å². The van der Waals surface area contributed by atoms with Crippen molar-refractivity contribution in [3.8, 4) is 5.75 Å². The van der Waals surface area contributed by atoms with Crippen molar-refractivity contribution in [2.45, 2.75) is 50.2 Å². The summed E-state index contributed by atoms with van der Waals surface area (Å²) in [5.74, 6) is -3.52. The zero-order chi connectivity index (χ0) is 25.0. The number of phenolic OH excluding ortho intramolecular Hbond substituents is 1. The van der Waals surface area contributed by atoms with Crippen LogP contribution in [0.3, 0.4) is 0 Å². The van der Waals surface area contributed by atoms with Gasteiger partial charge in [0.2, 0.25) is 17.7 Å². The van der Waals surface area contributed by atoms with E-state index in [-0.39, 0.29) is 43.9 Å². The van der Waals surface area contributed by atoms with Gasteiger partial charge in [-0.15, -0.1) is 0 Å². The number of carboxylic acid groups (broad SMARTS) is 1. The molecule has 0 heterocycles. The Morgan fingerprint density at radius 1 is 0.939 bits per heavy atom. The number of rotatable bonds is 14. The monoisotopic (exact) mass is 465 g/mol. The molecule has 0 bridgehead atoms. The summed E-state index contributed by atoms with van der Waals surface area (Å²) < 4.78 is 0. The Kier molecular flexibility index (Phi) is 11.1. The van der Waals surface area contributed by atoms with Gasteiger partial charge in [-0.3, -0.25) is 19.4 Å². The molecule has 12 N–H and O–H groups in total. The van der Waals surface area contributed by atoms with Gasteiger partial charge in [-0.2, -0.15) is 0 Å². The first-order chi connectivity index (χ1) is 15.5. The fourth-order valence-corrected chi connectivity index (χ4v) is 2.82. The molecule has 1 aromatic carbocycles. The van der Waals surface area contributed by atoms with Gasteiger partial charge in [-0.1, -0.05) is 12.1 Å². The van der Waals surface area contributed by atoms with Crippen LogP contribution in [0.5, 0.6) is 5.75 Å². The Hall–Kier alpha value is -3.87. The second kappa shape index (κ2) is 13.5. The lowest BCUT2D eigenvalue weighted by Gasteiger charge is -2.22. The van der Waals surface area contributed by atoms with Crippen molar-refractivity contribution in [3.05, 3.63) is 29.8 Å². The molecule has 0 saturated carbocycles. The normalized spacial score (nSPS) is 13.2. The van der Waals surface area contributed by atoms with E-state index in [1.807, 2.05) is 0 Å². The first kappa shape index (κ1) is 27.2. The van der Waals surface area contributed by atoms with Gasteiger partial charge in [0.15, 0.2) is 5.96 Å². The number of nitrogens with two attached hydrogens (primary N) is 4. The zero-order valence-electron chi connectivity index (χ0n) is 18.1. The topological polar surface area (TPSA) is 249 Å². The van der Waals surface area contributed by atoms with Crippen molar-refractivity contribution in [1.82, 2.24) is 10.6 Å². The van der Waals surface area contributed by atoms with Gasteiger partial charge in [0.1, 0.15) is 17.8 Å². The van der Waals surface area contributed by atoms with Crippen LogP contribution < -0.4 is 33.6 Å². The van der Waals surface area contributed by atoms with Crippen LogP contribution in [-0.4, -0.2) is 64.5 Å². The molecule has 3 atom stereocenters. The minimum Gasteiger partial charge on any atom is -0.508 e. The van der Waals surface area contributed by atoms with Gasteiger partial charge in [0, 0.05) is 19.4 Å². The van der Waals surface area contributed by atoms with Crippen LogP contribution in [0, 0.1) is 0 Å². The molecule has 0 aliphatic carbocycles. The molecule has 3 amide bonds. The number of amides is 3. The number of hydrogen-bond donors (Lipinski definition) is 8. The molecule has 0 fully saturated rings. The average molecular weight is 466 g/mol. The number of aromatic hydroxyl groups is 1. The van der Waals surface area contributed by atoms with Crippen LogP contribution in [-0.2, 0) is 25.6 Å². The second-order valence-corrected chi connectivity index (χ2v) is 7.39. The minimum absolute atomic E-state index is 0.0125. The number of aliphatic imine (C=N–C) groups is 1. The number of phenols is 1. The SMILES string of the molecule is NC(=O)CCC(NC(=O)C(N)CCCN=C(N)N)C(=O)NC(Cc1ccc(O)cc1)C(=O)O. The molecular weight excluding hydrogens is 434 g/mol. The number of nitrogens with zero attached hydrogens (tertiary/aromatic N) is 1. The van der Waals surface area contributed by atoms with Crippen molar-refractivity contribution < 1.29 is 29.4 Å². The van der Waals surface area contributed by atoms with Crippen molar-refractivity contribution in [1.29, 1.82) is 0 Å². The summed E-state index contributed by atoms with van der Waals surface area (Å²) in [6.45, 7) is 0.270. The van der Waals surface area contributed by atoms with Crippen LogP contribution in [0.2, 0.25) is 0 Å². The van der Waals surface area contributed by atoms with E-state index in [2.05, 4.69) is 15.6 Å². The third kappa shape index (κ3) is 10.8. The number of aliphatic carboxylic acids is 1. The molecule has 0 spiro atoms. The molecule has 33 heavy (non-hydrogen) atoms. The number of nitrogens with one attached hydrogen (secondary N) is 2. The van der Waals surface area contributed by atoms with Gasteiger partial charge < -0.3 is 43.8 Å². The Labute approximate surface area is 190 Å². The fourth-order valence-electron chi connectivity index (χ4n) is 2.82. The maximum Gasteiger partial charge on any atom is 0.326 e. The Bertz CT molecular complexity index is 855. The summed E-state index contributed by atoms with van der Waals surface area (Å²) in [6.07, 6.45) is 0.221. The Morgan fingerprint density at radius 3 is 2.09 bits per heavy atom. The Morgan fingerprint density at radius 2 is 1.55 bits per heavy atom. The highest BCUT2D eigenvalue weighted by molar-refractivity contribution is 5.92. The van der Waals surface area contributed by atoms with Gasteiger partial charge in [-0.25, -0.2) is 4.79 Å². The van der Waals surface area contributed by atoms with Crippen LogP contribution in [0.25, 0.3) is 0 Å². The molecule has 0 aromatic heterocycles. The molecule has 13 heteroatoms. The Balaban J connectivity index is 2.81. The number of primary amides is 1. The van der Waals surface area contributed by atoms with E-state index < -0.39 is 41.8 Å². The van der Waals surface area contributed by atoms with E-state index in [1.165, 1.54) is 24.3 Å². The minimum atomic E-state index is -1.32. The lowest BCUT2D eigenvalue weighted by atomic mass is 10.0. The summed E-state index contributed by atoms with van der Waals surface area (Å²) in [6, 6.07) is 2.30. The predicted octanol–water partition coefficient (Wildman–Crippen LogP) is -2.36. The lowest BCUT2D eigenvalue weighted by Crippen LogP contribution is -2.55. The maximum absolute atomic E-state index is 12.7. The highest BCUT2D eigenvalue weighted by Crippen LogP contribution is 2.12. The van der Waals surface area contributed by atoms with Gasteiger partial charge in [0.05, 0.1) is 6.04 Å². The number of guanidine groups is 1. The highest BCUT2D eigenvalue weighted by Gasteiger charge is 2.28. The molecular formula is C20H31N7O6. The third-order valence-corrected chi connectivity index (χ3v) is 4.61. The standard InChI is InChI=1S/C20H31N7O6/c21-13(2-1-9-25-20(23)24)17(30)26-14(7-8-16(22)29)18(31)27-15(19(32)33)10-11-3-5-12(28)6-4-11/h3-6,13-15,28H,1-2,7-10,21H2,(H2,22,29)(H,26,30)(H,27,31)(H,32,33)(H4,23,24,25). The molecule has 0 aliphatic heterocycles. The van der Waals surface area contributed by atoms with E-state index >= 15 is 0 Å². The number of carboxylic acids is 1. The van der Waals surface area contributed by atoms with E-state index in [1.54, 1.807) is 0 Å². The van der Waals surface area contributed by atoms with Crippen LogP contribution in [0.4, 0.5) is 0 Å². The number of carbonyl (C=O) groups excluding carboxylic acids is 3. The average Bonchev–Trinajstić information content (AvgIpc) is 2.74. The van der Waals surface area contributed by atoms with Crippen molar-refractivity contribution in [3.63, 3.8) is 0 Å². The third-order valence-electron chi connectivity index (χ3n) is 4.61. The van der Waals surface area contributed by atoms with Crippen LogP contribution in [0.1, 0.15) is 31.2 Å². The van der Waals surface area contributed by atoms with Gasteiger partial charge in [0.25, 0.3) is 0 Å². The lowest BCUT2D eigenvalue weighted by molar-refractivity contribution is -0.142. The highest BCUT2D eigenvalue weighted by atomic mass is 16.4. The second-order valence-electron chi connectivity index (χ2n) is 7.39. The van der Waals surface area contributed by atoms with Gasteiger partial charge in [-0.05, 0) is 37.0 Å². The largest absolute Gasteiger partial charge is 0.508 e. The molecule has 13 nitrogen and oxygen atoms in total. The summed E-state index contributed by atoms with van der Waals surface area (Å²) >= 11 is 0.